The molecule has 0 fully saturated rings. The molecule has 1 atom stereocenters. The molecule has 0 unspecified atom stereocenters. The van der Waals surface area contributed by atoms with Crippen LogP contribution in [-0.4, -0.2) is 15.5 Å². The Bertz CT molecular complexity index is 1120. The number of hydrogen-bond acceptors (Lipinski definition) is 4. The first kappa shape index (κ1) is 18.3. The normalized spacial score (nSPS) is 16.6. The van der Waals surface area contributed by atoms with E-state index in [4.69, 9.17) is 4.74 Å². The smallest absolute Gasteiger partial charge is 0.313 e. The minimum atomic E-state index is -0.499. The number of cyclic esters (lactones) is 1. The third kappa shape index (κ3) is 2.80. The molecule has 2 aromatic heterocycles. The Morgan fingerprint density at radius 2 is 2.07 bits per heavy atom. The van der Waals surface area contributed by atoms with Gasteiger partial charge in [0.1, 0.15) is 12.4 Å². The van der Waals surface area contributed by atoms with Crippen molar-refractivity contribution in [2.45, 2.75) is 46.3 Å². The Balaban J connectivity index is 1.99. The molecule has 28 heavy (non-hydrogen) atoms. The molecule has 0 aromatic carbocycles. The molecule has 0 spiro atoms. The lowest BCUT2D eigenvalue weighted by atomic mass is 9.94. The molecule has 0 saturated carbocycles. The number of nitrogens with zero attached hydrogens (tertiary/aromatic N) is 2. The number of rotatable bonds is 1. The summed E-state index contributed by atoms with van der Waals surface area (Å²) in [5, 5.41) is 0. The lowest BCUT2D eigenvalue weighted by Crippen LogP contribution is -2.31. The predicted octanol–water partition coefficient (Wildman–Crippen LogP) is 3.57. The van der Waals surface area contributed by atoms with Crippen LogP contribution in [0.1, 0.15) is 47.6 Å². The molecule has 5 nitrogen and oxygen atoms in total. The zero-order valence-electron chi connectivity index (χ0n) is 16.1. The van der Waals surface area contributed by atoms with Crippen LogP contribution in [0.25, 0.3) is 11.4 Å². The fourth-order valence-electron chi connectivity index (χ4n) is 3.84. The Labute approximate surface area is 162 Å². The van der Waals surface area contributed by atoms with Gasteiger partial charge in [0.05, 0.1) is 29.4 Å². The molecule has 2 aromatic rings. The molecule has 0 radical (unpaired) electrons. The van der Waals surface area contributed by atoms with Crippen molar-refractivity contribution in [2.24, 2.45) is 0 Å². The highest BCUT2D eigenvalue weighted by molar-refractivity contribution is 5.80. The van der Waals surface area contributed by atoms with E-state index < -0.39 is 5.92 Å². The third-order valence-corrected chi connectivity index (χ3v) is 5.62. The number of esters is 1. The molecule has 4 rings (SSSR count). The zero-order chi connectivity index (χ0) is 20.0. The highest BCUT2D eigenvalue weighted by Gasteiger charge is 2.31. The number of carbonyl (C=O) groups excluding carboxylic acids is 1. The minimum Gasteiger partial charge on any atom is -0.460 e. The van der Waals surface area contributed by atoms with Crippen LogP contribution in [-0.2, 0) is 29.1 Å². The number of halogens is 1. The Morgan fingerprint density at radius 1 is 1.29 bits per heavy atom. The van der Waals surface area contributed by atoms with Crippen LogP contribution in [0.5, 0.6) is 0 Å². The molecular formula is C22H21FN2O3. The van der Waals surface area contributed by atoms with Crippen molar-refractivity contribution in [2.75, 3.05) is 0 Å². The van der Waals surface area contributed by atoms with Gasteiger partial charge in [0.25, 0.3) is 5.56 Å². The van der Waals surface area contributed by atoms with E-state index in [0.717, 1.165) is 11.1 Å². The van der Waals surface area contributed by atoms with Gasteiger partial charge in [0, 0.05) is 6.20 Å². The van der Waals surface area contributed by atoms with Crippen LogP contribution in [0.3, 0.4) is 0 Å². The molecule has 2 aliphatic rings. The summed E-state index contributed by atoms with van der Waals surface area (Å²) in [6, 6.07) is 6.99. The van der Waals surface area contributed by atoms with E-state index in [2.05, 4.69) is 4.98 Å². The largest absolute Gasteiger partial charge is 0.460 e. The summed E-state index contributed by atoms with van der Waals surface area (Å²) in [6.45, 7) is 5.84. The maximum absolute atomic E-state index is 14.3. The van der Waals surface area contributed by atoms with Gasteiger partial charge in [0.15, 0.2) is 0 Å². The lowest BCUT2D eigenvalue weighted by molar-refractivity contribution is -0.147. The number of fused-ring (bicyclic) bond motifs is 4. The summed E-state index contributed by atoms with van der Waals surface area (Å²) in [4.78, 5) is 29.4. The molecule has 0 bridgehead atoms. The summed E-state index contributed by atoms with van der Waals surface area (Å²) in [7, 11) is 0. The van der Waals surface area contributed by atoms with Gasteiger partial charge in [-0.2, -0.15) is 0 Å². The van der Waals surface area contributed by atoms with Crippen molar-refractivity contribution in [3.05, 3.63) is 74.5 Å². The predicted molar refractivity (Wildman–Crippen MR) is 103 cm³/mol. The summed E-state index contributed by atoms with van der Waals surface area (Å²) < 4.78 is 21.1. The third-order valence-electron chi connectivity index (χ3n) is 5.62. The molecule has 0 N–H and O–H groups in total. The first-order valence-electron chi connectivity index (χ1n) is 9.37. The highest BCUT2D eigenvalue weighted by Crippen LogP contribution is 2.33. The van der Waals surface area contributed by atoms with Crippen LogP contribution in [0, 0.1) is 12.7 Å². The van der Waals surface area contributed by atoms with Gasteiger partial charge in [-0.1, -0.05) is 19.1 Å². The number of ether oxygens (including phenoxy) is 1. The monoisotopic (exact) mass is 380 g/mol. The second-order valence-electron chi connectivity index (χ2n) is 7.19. The van der Waals surface area contributed by atoms with E-state index in [1.807, 2.05) is 25.1 Å². The highest BCUT2D eigenvalue weighted by atomic mass is 19.1. The number of hydrogen-bond donors (Lipinski definition) is 0. The van der Waals surface area contributed by atoms with Crippen LogP contribution in [0.4, 0.5) is 4.39 Å². The van der Waals surface area contributed by atoms with Gasteiger partial charge in [-0.15, -0.1) is 0 Å². The zero-order valence-corrected chi connectivity index (χ0v) is 16.1. The van der Waals surface area contributed by atoms with Gasteiger partial charge < -0.3 is 9.30 Å². The second-order valence-corrected chi connectivity index (χ2v) is 7.19. The molecule has 0 amide bonds. The fourth-order valence-corrected chi connectivity index (χ4v) is 3.84. The molecule has 4 heterocycles. The van der Waals surface area contributed by atoms with Crippen molar-refractivity contribution in [3.8, 4) is 11.4 Å². The lowest BCUT2D eigenvalue weighted by Gasteiger charge is -2.22. The average molecular weight is 380 g/mol. The van der Waals surface area contributed by atoms with Gasteiger partial charge in [-0.05, 0) is 54.7 Å². The standard InChI is InChI=1S/C22H21FN2O3/c1-4-14-5-6-15-10-25-19(20(15)24-8-7-18(23)12(14)2)9-16-13(3)22(27)28-11-17(16)21(25)26/h5-9,13H,4,10-11H2,1-3H3/t13-/m0/s1. The van der Waals surface area contributed by atoms with Gasteiger partial charge >= 0.3 is 5.97 Å². The average Bonchev–Trinajstić information content (AvgIpc) is 3.03. The van der Waals surface area contributed by atoms with Crippen LogP contribution in [0.2, 0.25) is 0 Å². The molecule has 2 aliphatic heterocycles. The molecular weight excluding hydrogens is 359 g/mol. The number of aromatic nitrogens is 2. The quantitative estimate of drug-likeness (QED) is 0.606. The van der Waals surface area contributed by atoms with E-state index in [1.54, 1.807) is 18.4 Å². The Hall–Kier alpha value is -3.02. The SMILES string of the molecule is CCc1ccc2c(nccc(F)c1C)-c1cc3c(c(=O)n1C2)COC(=O)[C@H]3C. The minimum absolute atomic E-state index is 0.00272. The number of carbonyl (C=O) groups is 1. The van der Waals surface area contributed by atoms with E-state index in [9.17, 15) is 14.0 Å². The van der Waals surface area contributed by atoms with Crippen LogP contribution in [0.15, 0.2) is 35.3 Å². The van der Waals surface area contributed by atoms with E-state index >= 15 is 0 Å². The van der Waals surface area contributed by atoms with E-state index in [1.165, 1.54) is 12.3 Å². The fraction of sp³-hybridized carbons (Fsp3) is 0.318. The maximum Gasteiger partial charge on any atom is 0.313 e. The van der Waals surface area contributed by atoms with E-state index in [0.29, 0.717) is 41.0 Å². The topological polar surface area (TPSA) is 61.2 Å². The summed E-state index contributed by atoms with van der Waals surface area (Å²) in [5.41, 5.74) is 4.67. The van der Waals surface area contributed by atoms with Crippen molar-refractivity contribution in [1.29, 1.82) is 0 Å². The molecule has 0 aliphatic carbocycles. The van der Waals surface area contributed by atoms with Gasteiger partial charge in [-0.3, -0.25) is 14.6 Å². The van der Waals surface area contributed by atoms with Gasteiger partial charge in [-0.25, -0.2) is 4.39 Å². The van der Waals surface area contributed by atoms with Crippen molar-refractivity contribution in [3.63, 3.8) is 0 Å². The molecule has 0 saturated heterocycles. The number of aryl methyl sites for hydroxylation is 1. The first-order valence-corrected chi connectivity index (χ1v) is 9.37. The van der Waals surface area contributed by atoms with Gasteiger partial charge in [0.2, 0.25) is 0 Å². The molecule has 6 heteroatoms. The Kier molecular flexibility index (Phi) is 4.49. The first-order chi connectivity index (χ1) is 13.4. The Morgan fingerprint density at radius 3 is 2.82 bits per heavy atom. The summed E-state index contributed by atoms with van der Waals surface area (Å²) in [6.07, 6.45) is 2.12. The van der Waals surface area contributed by atoms with Crippen molar-refractivity contribution in [1.82, 2.24) is 9.55 Å². The van der Waals surface area contributed by atoms with E-state index in [-0.39, 0.29) is 24.0 Å². The second kappa shape index (κ2) is 6.86. The summed E-state index contributed by atoms with van der Waals surface area (Å²) in [5.74, 6) is -1.16. The van der Waals surface area contributed by atoms with Crippen LogP contribution < -0.4 is 5.56 Å². The molecule has 144 valence electrons. The van der Waals surface area contributed by atoms with Crippen LogP contribution >= 0.6 is 0 Å². The maximum atomic E-state index is 14.3. The van der Waals surface area contributed by atoms with Crippen molar-refractivity contribution >= 4 is 5.97 Å². The summed E-state index contributed by atoms with van der Waals surface area (Å²) >= 11 is 0. The number of pyridine rings is 1. The van der Waals surface area contributed by atoms with Crippen molar-refractivity contribution < 1.29 is 13.9 Å².